The second-order valence-corrected chi connectivity index (χ2v) is 7.84. The van der Waals surface area contributed by atoms with E-state index in [-0.39, 0.29) is 5.92 Å². The average Bonchev–Trinajstić information content (AvgIpc) is 2.74. The molecule has 28 heavy (non-hydrogen) atoms. The van der Waals surface area contributed by atoms with Crippen LogP contribution in [0.5, 0.6) is 0 Å². The number of hydrogen-bond acceptors (Lipinski definition) is 2. The molecule has 1 unspecified atom stereocenters. The van der Waals surface area contributed by atoms with E-state index in [2.05, 4.69) is 58.5 Å². The van der Waals surface area contributed by atoms with Crippen molar-refractivity contribution >= 4 is 6.08 Å². The topological polar surface area (TPSA) is 18.5 Å². The molecule has 0 saturated heterocycles. The minimum absolute atomic E-state index is 0.264. The number of rotatable bonds is 17. The van der Waals surface area contributed by atoms with Crippen LogP contribution in [0.25, 0.3) is 6.08 Å². The Morgan fingerprint density at radius 3 is 1.89 bits per heavy atom. The van der Waals surface area contributed by atoms with Crippen LogP contribution in [0.4, 0.5) is 0 Å². The third-order valence-corrected chi connectivity index (χ3v) is 5.55. The van der Waals surface area contributed by atoms with E-state index >= 15 is 0 Å². The lowest BCUT2D eigenvalue weighted by Crippen LogP contribution is -2.42. The van der Waals surface area contributed by atoms with E-state index in [1.807, 2.05) is 6.08 Å². The van der Waals surface area contributed by atoms with Crippen LogP contribution in [0, 0.1) is 0 Å². The van der Waals surface area contributed by atoms with Crippen LogP contribution in [0.2, 0.25) is 0 Å². The Morgan fingerprint density at radius 1 is 0.821 bits per heavy atom. The molecule has 160 valence electrons. The molecule has 0 saturated carbocycles. The van der Waals surface area contributed by atoms with Crippen molar-refractivity contribution in [1.82, 2.24) is 0 Å². The molecule has 0 fully saturated rings. The summed E-state index contributed by atoms with van der Waals surface area (Å²) in [5, 5.41) is 0. The van der Waals surface area contributed by atoms with Crippen molar-refractivity contribution < 1.29 is 9.47 Å². The molecule has 0 aliphatic rings. The van der Waals surface area contributed by atoms with Crippen molar-refractivity contribution in [1.29, 1.82) is 0 Å². The van der Waals surface area contributed by atoms with E-state index in [9.17, 15) is 0 Å². The smallest absolute Gasteiger partial charge is 0.174 e. The second kappa shape index (κ2) is 14.8. The molecule has 0 bridgehead atoms. The molecule has 1 aromatic carbocycles. The molecule has 0 aromatic heterocycles. The minimum atomic E-state index is -0.523. The molecule has 1 atom stereocenters. The second-order valence-electron chi connectivity index (χ2n) is 7.84. The molecule has 0 amide bonds. The van der Waals surface area contributed by atoms with Crippen LogP contribution in [0.1, 0.15) is 109 Å². The van der Waals surface area contributed by atoms with Crippen molar-refractivity contribution in [2.45, 2.75) is 104 Å². The summed E-state index contributed by atoms with van der Waals surface area (Å²) in [6.07, 6.45) is 13.8. The number of unbranched alkanes of at least 4 members (excludes halogenated alkanes) is 5. The van der Waals surface area contributed by atoms with Gasteiger partial charge in [-0.3, -0.25) is 0 Å². The van der Waals surface area contributed by atoms with Gasteiger partial charge in [-0.25, -0.2) is 0 Å². The molecule has 0 aliphatic carbocycles. The molecule has 0 radical (unpaired) electrons. The first kappa shape index (κ1) is 24.9. The monoisotopic (exact) mass is 388 g/mol. The van der Waals surface area contributed by atoms with Crippen LogP contribution in [-0.2, 0) is 9.47 Å². The van der Waals surface area contributed by atoms with Gasteiger partial charge in [0.25, 0.3) is 0 Å². The van der Waals surface area contributed by atoms with Crippen molar-refractivity contribution in [3.63, 3.8) is 0 Å². The van der Waals surface area contributed by atoms with Gasteiger partial charge in [-0.2, -0.15) is 0 Å². The summed E-state index contributed by atoms with van der Waals surface area (Å²) in [4.78, 5) is 0. The number of benzene rings is 1. The zero-order chi connectivity index (χ0) is 20.7. The molecule has 2 nitrogen and oxygen atoms in total. The van der Waals surface area contributed by atoms with E-state index in [1.165, 1.54) is 44.1 Å². The summed E-state index contributed by atoms with van der Waals surface area (Å²) >= 11 is 0. The molecular weight excluding hydrogens is 344 g/mol. The third-order valence-electron chi connectivity index (χ3n) is 5.55. The summed E-state index contributed by atoms with van der Waals surface area (Å²) in [6.45, 7) is 14.2. The minimum Gasteiger partial charge on any atom is -0.349 e. The lowest BCUT2D eigenvalue weighted by molar-refractivity contribution is -0.254. The maximum absolute atomic E-state index is 6.46. The molecule has 0 heterocycles. The Labute approximate surface area is 174 Å². The lowest BCUT2D eigenvalue weighted by Gasteiger charge is -2.40. The van der Waals surface area contributed by atoms with Crippen molar-refractivity contribution in [3.8, 4) is 0 Å². The van der Waals surface area contributed by atoms with Gasteiger partial charge in [-0.05, 0) is 36.8 Å². The SMILES string of the molecule is C=Cc1ccc(C(CCCCCCCC)C(CC)(OCCC)OCCC)cc1. The zero-order valence-corrected chi connectivity index (χ0v) is 19.0. The van der Waals surface area contributed by atoms with Crippen molar-refractivity contribution in [2.75, 3.05) is 13.2 Å². The maximum Gasteiger partial charge on any atom is 0.174 e. The summed E-state index contributed by atoms with van der Waals surface area (Å²) in [5.41, 5.74) is 2.49. The van der Waals surface area contributed by atoms with E-state index < -0.39 is 5.79 Å². The fourth-order valence-corrected chi connectivity index (χ4v) is 3.88. The molecule has 0 N–H and O–H groups in total. The highest BCUT2D eigenvalue weighted by atomic mass is 16.7. The largest absolute Gasteiger partial charge is 0.349 e. The summed E-state index contributed by atoms with van der Waals surface area (Å²) in [6, 6.07) is 8.81. The maximum atomic E-state index is 6.46. The molecule has 2 heteroatoms. The molecule has 0 aliphatic heterocycles. The predicted molar refractivity (Wildman–Crippen MR) is 123 cm³/mol. The predicted octanol–water partition coefficient (Wildman–Crippen LogP) is 8.12. The summed E-state index contributed by atoms with van der Waals surface area (Å²) in [5.74, 6) is -0.258. The van der Waals surface area contributed by atoms with Crippen LogP contribution in [0.15, 0.2) is 30.8 Å². The average molecular weight is 389 g/mol. The van der Waals surface area contributed by atoms with Crippen molar-refractivity contribution in [3.05, 3.63) is 42.0 Å². The first-order chi connectivity index (χ1) is 13.7. The first-order valence-corrected chi connectivity index (χ1v) is 11.7. The van der Waals surface area contributed by atoms with Crippen molar-refractivity contribution in [2.24, 2.45) is 0 Å². The van der Waals surface area contributed by atoms with Crippen LogP contribution in [0.3, 0.4) is 0 Å². The van der Waals surface area contributed by atoms with Gasteiger partial charge >= 0.3 is 0 Å². The highest BCUT2D eigenvalue weighted by molar-refractivity contribution is 5.47. The summed E-state index contributed by atoms with van der Waals surface area (Å²) < 4.78 is 12.9. The zero-order valence-electron chi connectivity index (χ0n) is 19.0. The highest BCUT2D eigenvalue weighted by Gasteiger charge is 2.40. The number of hydrogen-bond donors (Lipinski definition) is 0. The molecular formula is C26H44O2. The Bertz CT molecular complexity index is 498. The van der Waals surface area contributed by atoms with E-state index in [0.29, 0.717) is 0 Å². The fraction of sp³-hybridized carbons (Fsp3) is 0.692. The van der Waals surface area contributed by atoms with Gasteiger partial charge in [0.1, 0.15) is 0 Å². The molecule has 0 spiro atoms. The van der Waals surface area contributed by atoms with E-state index in [0.717, 1.165) is 44.5 Å². The van der Waals surface area contributed by atoms with Gasteiger partial charge < -0.3 is 9.47 Å². The van der Waals surface area contributed by atoms with Gasteiger partial charge in [0.2, 0.25) is 0 Å². The quantitative estimate of drug-likeness (QED) is 0.198. The lowest BCUT2D eigenvalue weighted by atomic mass is 9.83. The van der Waals surface area contributed by atoms with Crippen LogP contribution in [-0.4, -0.2) is 19.0 Å². The third kappa shape index (κ3) is 8.09. The standard InChI is InChI=1S/C26H44O2/c1-6-11-12-13-14-15-16-25(24-19-17-23(9-4)18-20-24)26(10-5,27-21-7-2)28-22-8-3/h9,17-20,25H,4,6-8,10-16,21-22H2,1-3,5H3. The van der Waals surface area contributed by atoms with Gasteiger partial charge in [0.15, 0.2) is 5.79 Å². The van der Waals surface area contributed by atoms with Gasteiger partial charge in [0.05, 0.1) is 0 Å². The molecule has 1 rings (SSSR count). The Hall–Kier alpha value is -1.12. The fourth-order valence-electron chi connectivity index (χ4n) is 3.88. The Kier molecular flexibility index (Phi) is 13.2. The van der Waals surface area contributed by atoms with Gasteiger partial charge in [0, 0.05) is 19.1 Å². The Balaban J connectivity index is 3.02. The normalized spacial score (nSPS) is 12.9. The van der Waals surface area contributed by atoms with Gasteiger partial charge in [-0.1, -0.05) is 103 Å². The molecule has 1 aromatic rings. The summed E-state index contributed by atoms with van der Waals surface area (Å²) in [7, 11) is 0. The van der Waals surface area contributed by atoms with Gasteiger partial charge in [-0.15, -0.1) is 0 Å². The van der Waals surface area contributed by atoms with Crippen LogP contribution >= 0.6 is 0 Å². The number of ether oxygens (including phenoxy) is 2. The van der Waals surface area contributed by atoms with Crippen LogP contribution < -0.4 is 0 Å². The Morgan fingerprint density at radius 2 is 1.39 bits per heavy atom. The highest BCUT2D eigenvalue weighted by Crippen LogP contribution is 2.40. The van der Waals surface area contributed by atoms with E-state index in [1.54, 1.807) is 0 Å². The van der Waals surface area contributed by atoms with E-state index in [4.69, 9.17) is 9.47 Å². The first-order valence-electron chi connectivity index (χ1n) is 11.7.